The minimum atomic E-state index is -1.70. The van der Waals surface area contributed by atoms with Crippen LogP contribution >= 0.6 is 0 Å². The normalized spacial score (nSPS) is 16.4. The van der Waals surface area contributed by atoms with Gasteiger partial charge in [-0.3, -0.25) is 4.79 Å². The molecular weight excluding hydrogens is 412 g/mol. The zero-order valence-electron chi connectivity index (χ0n) is 17.5. The first-order valence-electron chi connectivity index (χ1n) is 10.7. The van der Waals surface area contributed by atoms with Gasteiger partial charge in [-0.25, -0.2) is 9.59 Å². The fourth-order valence-corrected chi connectivity index (χ4v) is 4.11. The minimum Gasteiger partial charge on any atom is -0.479 e. The van der Waals surface area contributed by atoms with Crippen LogP contribution in [0.15, 0.2) is 48.5 Å². The number of rotatable bonds is 9. The molecule has 0 bridgehead atoms. The number of carboxylic acid groups (broad SMARTS) is 1. The van der Waals surface area contributed by atoms with Crippen LogP contribution in [-0.4, -0.2) is 53.5 Å². The third kappa shape index (κ3) is 4.91. The van der Waals surface area contributed by atoms with Gasteiger partial charge >= 0.3 is 12.1 Å². The topological polar surface area (TPSA) is 125 Å². The van der Waals surface area contributed by atoms with E-state index in [0.717, 1.165) is 35.1 Å². The molecule has 8 nitrogen and oxygen atoms in total. The summed E-state index contributed by atoms with van der Waals surface area (Å²) in [4.78, 5) is 35.7. The molecule has 2 aromatic rings. The summed E-state index contributed by atoms with van der Waals surface area (Å²) in [5, 5.41) is 23.1. The number of carbonyl (C=O) groups is 3. The van der Waals surface area contributed by atoms with E-state index in [2.05, 4.69) is 22.8 Å². The smallest absolute Gasteiger partial charge is 0.407 e. The van der Waals surface area contributed by atoms with Crippen molar-refractivity contribution >= 4 is 18.0 Å². The zero-order chi connectivity index (χ0) is 22.7. The van der Waals surface area contributed by atoms with Crippen LogP contribution in [0.25, 0.3) is 11.1 Å². The van der Waals surface area contributed by atoms with Crippen LogP contribution in [0.1, 0.15) is 36.3 Å². The first-order chi connectivity index (χ1) is 15.4. The van der Waals surface area contributed by atoms with Crippen LogP contribution in [0.4, 0.5) is 4.79 Å². The maximum Gasteiger partial charge on any atom is 0.407 e. The number of hydrogen-bond acceptors (Lipinski definition) is 5. The lowest BCUT2D eigenvalue weighted by molar-refractivity contribution is -0.146. The van der Waals surface area contributed by atoms with E-state index in [1.54, 1.807) is 0 Å². The molecule has 8 heteroatoms. The second-order valence-corrected chi connectivity index (χ2v) is 8.30. The van der Waals surface area contributed by atoms with Gasteiger partial charge in [-0.15, -0.1) is 0 Å². The highest BCUT2D eigenvalue weighted by atomic mass is 16.5. The number of aliphatic hydroxyl groups excluding tert-OH is 1. The number of benzene rings is 2. The van der Waals surface area contributed by atoms with Gasteiger partial charge in [0.2, 0.25) is 5.91 Å². The van der Waals surface area contributed by atoms with Gasteiger partial charge in [-0.1, -0.05) is 61.4 Å². The zero-order valence-corrected chi connectivity index (χ0v) is 17.5. The van der Waals surface area contributed by atoms with E-state index in [4.69, 9.17) is 9.84 Å². The molecule has 2 aromatic carbocycles. The van der Waals surface area contributed by atoms with Crippen LogP contribution < -0.4 is 10.6 Å². The second-order valence-electron chi connectivity index (χ2n) is 8.30. The molecule has 2 aliphatic rings. The van der Waals surface area contributed by atoms with E-state index in [1.165, 1.54) is 0 Å². The molecule has 0 saturated heterocycles. The summed E-state index contributed by atoms with van der Waals surface area (Å²) >= 11 is 0. The molecule has 0 spiro atoms. The number of hydrogen-bond donors (Lipinski definition) is 4. The third-order valence-corrected chi connectivity index (χ3v) is 5.97. The minimum absolute atomic E-state index is 0.0884. The Morgan fingerprint density at radius 3 is 2.16 bits per heavy atom. The maximum absolute atomic E-state index is 12.5. The van der Waals surface area contributed by atoms with Crippen LogP contribution in [0, 0.1) is 5.92 Å². The Bertz CT molecular complexity index is 974. The summed E-state index contributed by atoms with van der Waals surface area (Å²) in [7, 11) is 0. The quantitative estimate of drug-likeness (QED) is 0.476. The number of amides is 2. The van der Waals surface area contributed by atoms with Crippen molar-refractivity contribution in [1.82, 2.24) is 10.6 Å². The van der Waals surface area contributed by atoms with Gasteiger partial charge in [0.1, 0.15) is 12.6 Å². The predicted molar refractivity (Wildman–Crippen MR) is 116 cm³/mol. The first-order valence-corrected chi connectivity index (χ1v) is 10.7. The van der Waals surface area contributed by atoms with E-state index in [-0.39, 0.29) is 12.5 Å². The van der Waals surface area contributed by atoms with Gasteiger partial charge in [0, 0.05) is 5.92 Å². The summed E-state index contributed by atoms with van der Waals surface area (Å²) in [6, 6.07) is 15.2. The number of aliphatic carboxylic acids is 1. The lowest BCUT2D eigenvalue weighted by Crippen LogP contribution is -2.49. The summed E-state index contributed by atoms with van der Waals surface area (Å²) < 4.78 is 5.51. The molecule has 2 amide bonds. The number of nitrogens with one attached hydrogen (secondary N) is 2. The van der Waals surface area contributed by atoms with Crippen molar-refractivity contribution in [2.75, 3.05) is 13.2 Å². The van der Waals surface area contributed by atoms with Crippen molar-refractivity contribution in [1.29, 1.82) is 0 Å². The fourth-order valence-electron chi connectivity index (χ4n) is 4.11. The van der Waals surface area contributed by atoms with Crippen molar-refractivity contribution in [3.8, 4) is 11.1 Å². The highest BCUT2D eigenvalue weighted by molar-refractivity contribution is 5.86. The van der Waals surface area contributed by atoms with E-state index in [1.807, 2.05) is 36.4 Å². The monoisotopic (exact) mass is 438 g/mol. The number of carboxylic acids is 1. The Kier molecular flexibility index (Phi) is 6.41. The maximum atomic E-state index is 12.5. The molecule has 168 valence electrons. The Morgan fingerprint density at radius 1 is 1.00 bits per heavy atom. The van der Waals surface area contributed by atoms with E-state index in [9.17, 15) is 19.5 Å². The molecule has 1 saturated carbocycles. The van der Waals surface area contributed by atoms with Crippen molar-refractivity contribution < 1.29 is 29.3 Å². The Labute approximate surface area is 185 Å². The fraction of sp³-hybridized carbons (Fsp3) is 0.375. The average Bonchev–Trinajstić information content (AvgIpc) is 3.56. The molecule has 32 heavy (non-hydrogen) atoms. The highest BCUT2D eigenvalue weighted by Crippen LogP contribution is 2.44. The van der Waals surface area contributed by atoms with Crippen molar-refractivity contribution in [2.45, 2.75) is 37.3 Å². The largest absolute Gasteiger partial charge is 0.479 e. The molecule has 0 aliphatic heterocycles. The summed E-state index contributed by atoms with van der Waals surface area (Å²) in [5.41, 5.74) is 4.44. The standard InChI is InChI=1S/C24H26N2O6/c27-21(23(29)30)12-25-22(28)20(11-14-9-10-14)26-24(31)32-13-19-17-7-3-1-5-15(17)16-6-2-4-8-18(16)19/h1-8,14,19-21,27H,9-13H2,(H,25,28)(H,26,31)(H,29,30)/t20-,21-/m0/s1. The van der Waals surface area contributed by atoms with Gasteiger partial charge in [-0.2, -0.15) is 0 Å². The summed E-state index contributed by atoms with van der Waals surface area (Å²) in [6.07, 6.45) is 0.00231. The molecule has 1 fully saturated rings. The number of ether oxygens (including phenoxy) is 1. The lowest BCUT2D eigenvalue weighted by atomic mass is 9.98. The first kappa shape index (κ1) is 21.8. The number of fused-ring (bicyclic) bond motifs is 3. The average molecular weight is 438 g/mol. The van der Waals surface area contributed by atoms with Gasteiger partial charge in [0.25, 0.3) is 0 Å². The predicted octanol–water partition coefficient (Wildman–Crippen LogP) is 2.26. The molecule has 2 aliphatic carbocycles. The molecular formula is C24H26N2O6. The number of aliphatic hydroxyl groups is 1. The molecule has 0 aromatic heterocycles. The molecule has 0 radical (unpaired) electrons. The molecule has 4 rings (SSSR count). The molecule has 0 heterocycles. The Hall–Kier alpha value is -3.39. The SMILES string of the molecule is O=C(N[C@@H](CC1CC1)C(=O)NC[C@H](O)C(=O)O)OCC1c2ccccc2-c2ccccc21. The van der Waals surface area contributed by atoms with Crippen LogP contribution in [-0.2, 0) is 14.3 Å². The van der Waals surface area contributed by atoms with Gasteiger partial charge in [0.15, 0.2) is 6.10 Å². The van der Waals surface area contributed by atoms with Gasteiger partial charge < -0.3 is 25.6 Å². The van der Waals surface area contributed by atoms with Crippen molar-refractivity contribution in [2.24, 2.45) is 5.92 Å². The molecule has 0 unspecified atom stereocenters. The van der Waals surface area contributed by atoms with E-state index >= 15 is 0 Å². The van der Waals surface area contributed by atoms with Gasteiger partial charge in [0.05, 0.1) is 6.54 Å². The highest BCUT2D eigenvalue weighted by Gasteiger charge is 2.32. The van der Waals surface area contributed by atoms with Crippen LogP contribution in [0.5, 0.6) is 0 Å². The second kappa shape index (κ2) is 9.40. The molecule has 4 N–H and O–H groups in total. The van der Waals surface area contributed by atoms with E-state index in [0.29, 0.717) is 12.3 Å². The Morgan fingerprint density at radius 2 is 1.59 bits per heavy atom. The van der Waals surface area contributed by atoms with E-state index < -0.39 is 36.7 Å². The van der Waals surface area contributed by atoms with Crippen LogP contribution in [0.2, 0.25) is 0 Å². The van der Waals surface area contributed by atoms with Crippen molar-refractivity contribution in [3.63, 3.8) is 0 Å². The Balaban J connectivity index is 1.37. The van der Waals surface area contributed by atoms with Crippen LogP contribution in [0.3, 0.4) is 0 Å². The number of alkyl carbamates (subject to hydrolysis) is 1. The molecule has 2 atom stereocenters. The van der Waals surface area contributed by atoms with Crippen molar-refractivity contribution in [3.05, 3.63) is 59.7 Å². The lowest BCUT2D eigenvalue weighted by Gasteiger charge is -2.20. The summed E-state index contributed by atoms with van der Waals surface area (Å²) in [5.74, 6) is -1.71. The summed E-state index contributed by atoms with van der Waals surface area (Å²) in [6.45, 7) is -0.295. The van der Waals surface area contributed by atoms with Gasteiger partial charge in [-0.05, 0) is 34.6 Å². The number of carbonyl (C=O) groups excluding carboxylic acids is 2. The third-order valence-electron chi connectivity index (χ3n) is 5.97.